The molecule has 1 aromatic rings. The standard InChI is InChI=1S/C13H19NO6S/c1-10-3-4-11(9-12(10)13(15)16)21(17,18)14-5-6-20-8-7-19-2/h3-4,9,14H,5-8H2,1-2H3,(H,15,16). The second-order valence-corrected chi connectivity index (χ2v) is 6.05. The minimum atomic E-state index is -3.75. The van der Waals surface area contributed by atoms with E-state index in [2.05, 4.69) is 4.72 Å². The normalized spacial score (nSPS) is 11.5. The molecule has 0 heterocycles. The monoisotopic (exact) mass is 317 g/mol. The molecule has 0 amide bonds. The van der Waals surface area contributed by atoms with E-state index in [0.717, 1.165) is 6.07 Å². The Morgan fingerprint density at radius 3 is 2.62 bits per heavy atom. The van der Waals surface area contributed by atoms with Crippen molar-refractivity contribution in [3.05, 3.63) is 29.3 Å². The molecule has 0 saturated carbocycles. The molecular weight excluding hydrogens is 298 g/mol. The number of aryl methyl sites for hydroxylation is 1. The summed E-state index contributed by atoms with van der Waals surface area (Å²) in [5.41, 5.74) is 0.471. The number of aromatic carboxylic acids is 1. The Balaban J connectivity index is 2.66. The van der Waals surface area contributed by atoms with Crippen LogP contribution in [0.25, 0.3) is 0 Å². The average Bonchev–Trinajstić information content (AvgIpc) is 2.42. The van der Waals surface area contributed by atoms with E-state index >= 15 is 0 Å². The van der Waals surface area contributed by atoms with Gasteiger partial charge in [0.1, 0.15) is 0 Å². The molecule has 0 bridgehead atoms. The molecule has 7 nitrogen and oxygen atoms in total. The summed E-state index contributed by atoms with van der Waals surface area (Å²) in [6.07, 6.45) is 0. The molecular formula is C13H19NO6S. The van der Waals surface area contributed by atoms with Gasteiger partial charge in [-0.1, -0.05) is 6.07 Å². The molecule has 1 rings (SSSR count). The Morgan fingerprint density at radius 2 is 2.00 bits per heavy atom. The lowest BCUT2D eigenvalue weighted by atomic mass is 10.1. The molecule has 8 heteroatoms. The average molecular weight is 317 g/mol. The van der Waals surface area contributed by atoms with Crippen LogP contribution in [0.4, 0.5) is 0 Å². The largest absolute Gasteiger partial charge is 0.478 e. The maximum Gasteiger partial charge on any atom is 0.335 e. The van der Waals surface area contributed by atoms with Gasteiger partial charge in [-0.15, -0.1) is 0 Å². The van der Waals surface area contributed by atoms with Crippen molar-refractivity contribution in [3.8, 4) is 0 Å². The van der Waals surface area contributed by atoms with Crippen LogP contribution in [-0.2, 0) is 19.5 Å². The minimum Gasteiger partial charge on any atom is -0.478 e. The van der Waals surface area contributed by atoms with Gasteiger partial charge in [-0.05, 0) is 24.6 Å². The molecule has 0 radical (unpaired) electrons. The quantitative estimate of drug-likeness (QED) is 0.648. The van der Waals surface area contributed by atoms with Gasteiger partial charge >= 0.3 is 5.97 Å². The third kappa shape index (κ3) is 5.43. The second kappa shape index (κ2) is 8.08. The van der Waals surface area contributed by atoms with Crippen LogP contribution >= 0.6 is 0 Å². The lowest BCUT2D eigenvalue weighted by Gasteiger charge is -2.09. The van der Waals surface area contributed by atoms with Crippen molar-refractivity contribution < 1.29 is 27.8 Å². The summed E-state index contributed by atoms with van der Waals surface area (Å²) in [5.74, 6) is -1.16. The van der Waals surface area contributed by atoms with Crippen LogP contribution in [0, 0.1) is 6.92 Å². The zero-order chi connectivity index (χ0) is 15.9. The number of benzene rings is 1. The van der Waals surface area contributed by atoms with Crippen molar-refractivity contribution in [2.75, 3.05) is 33.5 Å². The van der Waals surface area contributed by atoms with Gasteiger partial charge in [-0.25, -0.2) is 17.9 Å². The van der Waals surface area contributed by atoms with Gasteiger partial charge in [0.25, 0.3) is 0 Å². The van der Waals surface area contributed by atoms with E-state index in [0.29, 0.717) is 18.8 Å². The molecule has 0 spiro atoms. The molecule has 21 heavy (non-hydrogen) atoms. The molecule has 0 aliphatic rings. The maximum absolute atomic E-state index is 12.0. The topological polar surface area (TPSA) is 102 Å². The van der Waals surface area contributed by atoms with E-state index < -0.39 is 16.0 Å². The molecule has 118 valence electrons. The summed E-state index contributed by atoms with van der Waals surface area (Å²) in [4.78, 5) is 10.9. The maximum atomic E-state index is 12.0. The van der Waals surface area contributed by atoms with Crippen LogP contribution in [-0.4, -0.2) is 53.0 Å². The fourth-order valence-corrected chi connectivity index (χ4v) is 2.61. The summed E-state index contributed by atoms with van der Waals surface area (Å²) >= 11 is 0. The fraction of sp³-hybridized carbons (Fsp3) is 0.462. The van der Waals surface area contributed by atoms with Gasteiger partial charge in [0.05, 0.1) is 30.3 Å². The summed E-state index contributed by atoms with van der Waals surface area (Å²) in [5, 5.41) is 9.01. The van der Waals surface area contributed by atoms with E-state index in [-0.39, 0.29) is 23.6 Å². The summed E-state index contributed by atoms with van der Waals surface area (Å²) in [7, 11) is -2.21. The molecule has 0 atom stereocenters. The first kappa shape index (κ1) is 17.6. The molecule has 0 aliphatic carbocycles. The van der Waals surface area contributed by atoms with Crippen molar-refractivity contribution in [1.29, 1.82) is 0 Å². The van der Waals surface area contributed by atoms with E-state index in [9.17, 15) is 13.2 Å². The van der Waals surface area contributed by atoms with Crippen LogP contribution in [0.15, 0.2) is 23.1 Å². The number of ether oxygens (including phenoxy) is 2. The first-order valence-corrected chi connectivity index (χ1v) is 7.77. The van der Waals surface area contributed by atoms with Crippen LogP contribution in [0.1, 0.15) is 15.9 Å². The Hall–Kier alpha value is -1.48. The molecule has 0 fully saturated rings. The Bertz CT molecular complexity index is 584. The zero-order valence-corrected chi connectivity index (χ0v) is 12.8. The fourth-order valence-electron chi connectivity index (χ4n) is 1.57. The highest BCUT2D eigenvalue weighted by atomic mass is 32.2. The second-order valence-electron chi connectivity index (χ2n) is 4.28. The molecule has 0 unspecified atom stereocenters. The number of carbonyl (C=O) groups is 1. The Kier molecular flexibility index (Phi) is 6.76. The van der Waals surface area contributed by atoms with E-state index in [1.165, 1.54) is 12.1 Å². The molecule has 0 aromatic heterocycles. The number of hydrogen-bond acceptors (Lipinski definition) is 5. The van der Waals surface area contributed by atoms with Crippen LogP contribution < -0.4 is 4.72 Å². The van der Waals surface area contributed by atoms with Crippen molar-refractivity contribution in [2.24, 2.45) is 0 Å². The van der Waals surface area contributed by atoms with E-state index in [1.807, 2.05) is 0 Å². The van der Waals surface area contributed by atoms with Crippen molar-refractivity contribution >= 4 is 16.0 Å². The van der Waals surface area contributed by atoms with Crippen LogP contribution in [0.5, 0.6) is 0 Å². The summed E-state index contributed by atoms with van der Waals surface area (Å²) in [6, 6.07) is 3.98. The summed E-state index contributed by atoms with van der Waals surface area (Å²) in [6.45, 7) is 2.73. The third-order valence-electron chi connectivity index (χ3n) is 2.72. The number of nitrogens with one attached hydrogen (secondary N) is 1. The molecule has 0 saturated heterocycles. The van der Waals surface area contributed by atoms with Crippen molar-refractivity contribution in [2.45, 2.75) is 11.8 Å². The van der Waals surface area contributed by atoms with Gasteiger partial charge in [0.15, 0.2) is 0 Å². The van der Waals surface area contributed by atoms with Crippen LogP contribution in [0.2, 0.25) is 0 Å². The molecule has 1 aromatic carbocycles. The molecule has 0 aliphatic heterocycles. The first-order valence-electron chi connectivity index (χ1n) is 6.29. The minimum absolute atomic E-state index is 0.0331. The molecule has 2 N–H and O–H groups in total. The lowest BCUT2D eigenvalue weighted by Crippen LogP contribution is -2.28. The smallest absolute Gasteiger partial charge is 0.335 e. The highest BCUT2D eigenvalue weighted by Gasteiger charge is 2.17. The highest BCUT2D eigenvalue weighted by molar-refractivity contribution is 7.89. The van der Waals surface area contributed by atoms with Crippen molar-refractivity contribution in [1.82, 2.24) is 4.72 Å². The van der Waals surface area contributed by atoms with Gasteiger partial charge in [0.2, 0.25) is 10.0 Å². The zero-order valence-electron chi connectivity index (χ0n) is 12.0. The number of sulfonamides is 1. The number of methoxy groups -OCH3 is 1. The predicted octanol–water partition coefficient (Wildman–Crippen LogP) is 0.635. The number of carboxylic acids is 1. The first-order chi connectivity index (χ1) is 9.88. The lowest BCUT2D eigenvalue weighted by molar-refractivity contribution is 0.0696. The van der Waals surface area contributed by atoms with Gasteiger partial charge in [-0.2, -0.15) is 0 Å². The number of carboxylic acid groups (broad SMARTS) is 1. The van der Waals surface area contributed by atoms with E-state index in [1.54, 1.807) is 14.0 Å². The van der Waals surface area contributed by atoms with Crippen LogP contribution in [0.3, 0.4) is 0 Å². The van der Waals surface area contributed by atoms with Gasteiger partial charge in [0, 0.05) is 13.7 Å². The van der Waals surface area contributed by atoms with Gasteiger partial charge in [-0.3, -0.25) is 0 Å². The third-order valence-corrected chi connectivity index (χ3v) is 4.18. The Labute approximate surface area is 123 Å². The predicted molar refractivity (Wildman–Crippen MR) is 76.0 cm³/mol. The highest BCUT2D eigenvalue weighted by Crippen LogP contribution is 2.15. The summed E-state index contributed by atoms with van der Waals surface area (Å²) < 4.78 is 36.3. The SMILES string of the molecule is COCCOCCNS(=O)(=O)c1ccc(C)c(C(=O)O)c1. The van der Waals surface area contributed by atoms with Gasteiger partial charge < -0.3 is 14.6 Å². The van der Waals surface area contributed by atoms with Crippen molar-refractivity contribution in [3.63, 3.8) is 0 Å². The number of hydrogen-bond donors (Lipinski definition) is 2. The number of rotatable bonds is 9. The Morgan fingerprint density at radius 1 is 1.29 bits per heavy atom. The van der Waals surface area contributed by atoms with E-state index in [4.69, 9.17) is 14.6 Å².